The van der Waals surface area contributed by atoms with Crippen molar-refractivity contribution in [1.29, 1.82) is 0 Å². The lowest BCUT2D eigenvalue weighted by molar-refractivity contribution is 0.0688. The largest absolute Gasteiger partial charge is 0.494 e. The number of rotatable bonds is 4. The molecule has 2 aromatic rings. The molecule has 3 aliphatic rings. The first-order chi connectivity index (χ1) is 14.8. The number of anilines is 1. The molecule has 1 aromatic carbocycles. The maximum Gasteiger partial charge on any atom is 0.201 e. The van der Waals surface area contributed by atoms with Gasteiger partial charge in [0.1, 0.15) is 0 Å². The van der Waals surface area contributed by atoms with E-state index in [0.29, 0.717) is 5.88 Å². The summed E-state index contributed by atoms with van der Waals surface area (Å²) in [4.78, 5) is 9.87. The molecule has 1 aromatic heterocycles. The maximum atomic E-state index is 11.5. The van der Waals surface area contributed by atoms with Crippen molar-refractivity contribution in [2.45, 2.75) is 45.1 Å². The molecule has 0 amide bonds. The van der Waals surface area contributed by atoms with Crippen LogP contribution in [0.15, 0.2) is 23.2 Å². The van der Waals surface area contributed by atoms with Gasteiger partial charge in [0.05, 0.1) is 17.6 Å². The van der Waals surface area contributed by atoms with Crippen molar-refractivity contribution in [3.63, 3.8) is 0 Å². The lowest BCUT2D eigenvalue weighted by Gasteiger charge is -2.25. The van der Waals surface area contributed by atoms with E-state index >= 15 is 0 Å². The second kappa shape index (κ2) is 8.60. The number of hydrogen-bond donors (Lipinski definition) is 1. The Morgan fingerprint density at radius 2 is 1.90 bits per heavy atom. The van der Waals surface area contributed by atoms with Crippen molar-refractivity contribution in [2.75, 3.05) is 57.4 Å². The highest BCUT2D eigenvalue weighted by Gasteiger charge is 2.28. The number of aromatic nitrogens is 1. The fourth-order valence-electron chi connectivity index (χ4n) is 5.36. The number of nitrogens with zero attached hydrogens (tertiary/aromatic N) is 4. The fraction of sp³-hybridized carbons (Fsp3) is 0.625. The lowest BCUT2D eigenvalue weighted by atomic mass is 10.0. The molecule has 0 bridgehead atoms. The van der Waals surface area contributed by atoms with Gasteiger partial charge in [-0.3, -0.25) is 4.99 Å². The third kappa shape index (κ3) is 3.60. The zero-order chi connectivity index (χ0) is 20.5. The predicted molar refractivity (Wildman–Crippen MR) is 122 cm³/mol. The summed E-state index contributed by atoms with van der Waals surface area (Å²) in [6, 6.07) is 7.04. The quantitative estimate of drug-likeness (QED) is 0.833. The normalized spacial score (nSPS) is 21.9. The van der Waals surface area contributed by atoms with Crippen LogP contribution in [-0.4, -0.2) is 72.8 Å². The molecule has 3 aliphatic heterocycles. The average molecular weight is 411 g/mol. The van der Waals surface area contributed by atoms with Gasteiger partial charge >= 0.3 is 0 Å². The molecule has 0 atom stereocenters. The summed E-state index contributed by atoms with van der Waals surface area (Å²) in [6.45, 7) is 9.84. The van der Waals surface area contributed by atoms with Crippen LogP contribution in [0.2, 0.25) is 0 Å². The van der Waals surface area contributed by atoms with Gasteiger partial charge in [0, 0.05) is 68.6 Å². The molecule has 4 heterocycles. The van der Waals surface area contributed by atoms with Crippen LogP contribution < -0.4 is 4.90 Å². The van der Waals surface area contributed by atoms with Crippen LogP contribution in [0, 0.1) is 0 Å². The van der Waals surface area contributed by atoms with Gasteiger partial charge in [-0.25, -0.2) is 0 Å². The summed E-state index contributed by atoms with van der Waals surface area (Å²) < 4.78 is 7.77. The maximum absolute atomic E-state index is 11.5. The minimum atomic E-state index is 0.283. The standard InChI is InChI=1S/C24H34N4O2/c1-2-26-13-7-21(25-10-14-26)23-20-17-19(27-11-3-4-12-27)5-6-22(20)28(24(23)29)18-8-15-30-16-9-18/h5-6,17-18,29H,2-4,7-16H2,1H3. The summed E-state index contributed by atoms with van der Waals surface area (Å²) in [6.07, 6.45) is 5.31. The number of likely N-dealkylation sites (N-methyl/N-ethyl adjacent to an activating group) is 1. The number of hydrogen-bond acceptors (Lipinski definition) is 5. The van der Waals surface area contributed by atoms with Gasteiger partial charge in [0.15, 0.2) is 0 Å². The van der Waals surface area contributed by atoms with Gasteiger partial charge in [0.2, 0.25) is 5.88 Å². The van der Waals surface area contributed by atoms with E-state index in [0.717, 1.165) is 93.9 Å². The molecule has 162 valence electrons. The molecule has 6 heteroatoms. The Balaban J connectivity index is 1.62. The van der Waals surface area contributed by atoms with Gasteiger partial charge in [-0.05, 0) is 50.4 Å². The third-order valence-electron chi connectivity index (χ3n) is 7.11. The SMILES string of the molecule is CCN1CCN=C(c2c(O)n(C3CCOCC3)c3ccc(N4CCCC4)cc23)CC1. The molecule has 0 radical (unpaired) electrons. The first-order valence-electron chi connectivity index (χ1n) is 11.7. The second-order valence-electron chi connectivity index (χ2n) is 8.82. The molecule has 2 fully saturated rings. The first-order valence-corrected chi connectivity index (χ1v) is 11.7. The molecule has 30 heavy (non-hydrogen) atoms. The zero-order valence-corrected chi connectivity index (χ0v) is 18.1. The van der Waals surface area contributed by atoms with Crippen molar-refractivity contribution < 1.29 is 9.84 Å². The first kappa shape index (κ1) is 19.9. The van der Waals surface area contributed by atoms with Crippen molar-refractivity contribution in [2.24, 2.45) is 4.99 Å². The van der Waals surface area contributed by atoms with Gasteiger partial charge in [-0.15, -0.1) is 0 Å². The molecule has 6 nitrogen and oxygen atoms in total. The Hall–Kier alpha value is -2.05. The van der Waals surface area contributed by atoms with Crippen molar-refractivity contribution in [1.82, 2.24) is 9.47 Å². The Labute approximate surface area is 179 Å². The molecule has 0 aliphatic carbocycles. The fourth-order valence-corrected chi connectivity index (χ4v) is 5.36. The number of fused-ring (bicyclic) bond motifs is 1. The molecule has 2 saturated heterocycles. The highest BCUT2D eigenvalue weighted by molar-refractivity contribution is 6.14. The highest BCUT2D eigenvalue weighted by atomic mass is 16.5. The molecule has 0 saturated carbocycles. The lowest BCUT2D eigenvalue weighted by Crippen LogP contribution is -2.26. The van der Waals surface area contributed by atoms with E-state index in [-0.39, 0.29) is 6.04 Å². The van der Waals surface area contributed by atoms with E-state index in [9.17, 15) is 5.11 Å². The van der Waals surface area contributed by atoms with E-state index in [4.69, 9.17) is 9.73 Å². The van der Waals surface area contributed by atoms with Crippen molar-refractivity contribution >= 4 is 22.3 Å². The molecular weight excluding hydrogens is 376 g/mol. The summed E-state index contributed by atoms with van der Waals surface area (Å²) in [5, 5.41) is 12.7. The number of aliphatic imine (C=N–C) groups is 1. The Morgan fingerprint density at radius 3 is 2.67 bits per heavy atom. The average Bonchev–Trinajstić information content (AvgIpc) is 3.34. The summed E-state index contributed by atoms with van der Waals surface area (Å²) in [7, 11) is 0. The monoisotopic (exact) mass is 410 g/mol. The van der Waals surface area contributed by atoms with Crippen LogP contribution >= 0.6 is 0 Å². The molecule has 5 rings (SSSR count). The van der Waals surface area contributed by atoms with Crippen LogP contribution in [0.1, 0.15) is 50.6 Å². The van der Waals surface area contributed by atoms with Gasteiger partial charge in [-0.1, -0.05) is 6.92 Å². The summed E-state index contributed by atoms with van der Waals surface area (Å²) in [5.41, 5.74) is 4.44. The Kier molecular flexibility index (Phi) is 5.70. The zero-order valence-electron chi connectivity index (χ0n) is 18.1. The van der Waals surface area contributed by atoms with Crippen LogP contribution in [0.3, 0.4) is 0 Å². The van der Waals surface area contributed by atoms with E-state index in [2.05, 4.69) is 39.5 Å². The van der Waals surface area contributed by atoms with E-state index in [1.165, 1.54) is 18.5 Å². The topological polar surface area (TPSA) is 53.2 Å². The van der Waals surface area contributed by atoms with Crippen LogP contribution in [0.4, 0.5) is 5.69 Å². The highest BCUT2D eigenvalue weighted by Crippen LogP contribution is 2.40. The minimum Gasteiger partial charge on any atom is -0.494 e. The summed E-state index contributed by atoms with van der Waals surface area (Å²) in [5.74, 6) is 0.402. The number of benzene rings is 1. The van der Waals surface area contributed by atoms with Crippen molar-refractivity contribution in [3.05, 3.63) is 23.8 Å². The van der Waals surface area contributed by atoms with Crippen LogP contribution in [0.25, 0.3) is 10.9 Å². The van der Waals surface area contributed by atoms with Gasteiger partial charge in [0.25, 0.3) is 0 Å². The molecule has 0 spiro atoms. The minimum absolute atomic E-state index is 0.283. The second-order valence-corrected chi connectivity index (χ2v) is 8.82. The molecule has 0 unspecified atom stereocenters. The molecule has 1 N–H and O–H groups in total. The third-order valence-corrected chi connectivity index (χ3v) is 7.11. The molecular formula is C24H34N4O2. The Bertz CT molecular complexity index is 923. The summed E-state index contributed by atoms with van der Waals surface area (Å²) >= 11 is 0. The van der Waals surface area contributed by atoms with Gasteiger partial charge < -0.3 is 24.2 Å². The van der Waals surface area contributed by atoms with Crippen LogP contribution in [-0.2, 0) is 4.74 Å². The smallest absolute Gasteiger partial charge is 0.201 e. The van der Waals surface area contributed by atoms with Crippen molar-refractivity contribution in [3.8, 4) is 5.88 Å². The van der Waals surface area contributed by atoms with Gasteiger partial charge in [-0.2, -0.15) is 0 Å². The van der Waals surface area contributed by atoms with Crippen LogP contribution in [0.5, 0.6) is 5.88 Å². The number of aromatic hydroxyl groups is 1. The van der Waals surface area contributed by atoms with E-state index in [1.54, 1.807) is 0 Å². The number of ether oxygens (including phenoxy) is 1. The van der Waals surface area contributed by atoms with E-state index in [1.807, 2.05) is 0 Å². The Morgan fingerprint density at radius 1 is 1.10 bits per heavy atom. The van der Waals surface area contributed by atoms with E-state index < -0.39 is 0 Å². The predicted octanol–water partition coefficient (Wildman–Crippen LogP) is 3.81.